The number of thioether (sulfide) groups is 1. The average molecular weight is 387 g/mol. The van der Waals surface area contributed by atoms with Crippen LogP contribution >= 0.6 is 35.0 Å². The van der Waals surface area contributed by atoms with Crippen LogP contribution in [-0.2, 0) is 0 Å². The van der Waals surface area contributed by atoms with E-state index >= 15 is 0 Å². The van der Waals surface area contributed by atoms with Crippen LogP contribution in [0.5, 0.6) is 0 Å². The highest BCUT2D eigenvalue weighted by molar-refractivity contribution is 7.99. The minimum Gasteiger partial charge on any atom is -0.476 e. The molecule has 1 saturated heterocycles. The van der Waals surface area contributed by atoms with Crippen molar-refractivity contribution in [2.24, 2.45) is 0 Å². The molecule has 3 rings (SSSR count). The van der Waals surface area contributed by atoms with Gasteiger partial charge in [-0.25, -0.2) is 4.79 Å². The number of carboxylic acid groups (broad SMARTS) is 1. The lowest BCUT2D eigenvalue weighted by Crippen LogP contribution is -2.34. The molecule has 1 fully saturated rings. The number of H-pyrrole nitrogens is 1. The summed E-state index contributed by atoms with van der Waals surface area (Å²) in [6.07, 6.45) is 1.83. The Morgan fingerprint density at radius 3 is 2.50 bits per heavy atom. The molecule has 2 aromatic rings. The molecule has 128 valence electrons. The summed E-state index contributed by atoms with van der Waals surface area (Å²) in [7, 11) is 0. The fourth-order valence-electron chi connectivity index (χ4n) is 2.65. The zero-order chi connectivity index (χ0) is 17.3. The third kappa shape index (κ3) is 3.63. The molecule has 1 aliphatic heterocycles. The van der Waals surface area contributed by atoms with E-state index in [0.717, 1.165) is 37.2 Å². The Hall–Kier alpha value is -1.44. The number of rotatable bonds is 4. The molecule has 0 radical (unpaired) electrons. The Kier molecular flexibility index (Phi) is 5.22. The van der Waals surface area contributed by atoms with E-state index in [-0.39, 0.29) is 5.69 Å². The molecule has 0 saturated carbocycles. The van der Waals surface area contributed by atoms with Crippen molar-refractivity contribution < 1.29 is 9.90 Å². The van der Waals surface area contributed by atoms with Crippen LogP contribution in [0.4, 0.5) is 5.69 Å². The van der Waals surface area contributed by atoms with Crippen LogP contribution in [0.3, 0.4) is 0 Å². The molecule has 24 heavy (non-hydrogen) atoms. The van der Waals surface area contributed by atoms with Crippen molar-refractivity contribution in [2.75, 3.05) is 18.0 Å². The van der Waals surface area contributed by atoms with Crippen LogP contribution < -0.4 is 4.90 Å². The molecule has 0 unspecified atom stereocenters. The van der Waals surface area contributed by atoms with Gasteiger partial charge in [0.1, 0.15) is 0 Å². The third-order valence-corrected chi connectivity index (χ3v) is 6.17. The summed E-state index contributed by atoms with van der Waals surface area (Å²) in [5.74, 6) is -1.06. The maximum atomic E-state index is 11.1. The third-order valence-electron chi connectivity index (χ3n) is 4.07. The lowest BCUT2D eigenvalue weighted by Gasteiger charge is -2.33. The van der Waals surface area contributed by atoms with Crippen molar-refractivity contribution >= 4 is 46.6 Å². The Balaban J connectivity index is 1.64. The maximum Gasteiger partial charge on any atom is 0.359 e. The van der Waals surface area contributed by atoms with Gasteiger partial charge in [-0.3, -0.25) is 0 Å². The summed E-state index contributed by atoms with van der Waals surface area (Å²) in [4.78, 5) is 13.3. The molecule has 2 heterocycles. The van der Waals surface area contributed by atoms with Crippen molar-refractivity contribution in [3.63, 3.8) is 0 Å². The molecule has 0 spiro atoms. The Morgan fingerprint density at radius 1 is 1.29 bits per heavy atom. The smallest absolute Gasteiger partial charge is 0.359 e. The molecule has 2 N–H and O–H groups in total. The van der Waals surface area contributed by atoms with Crippen molar-refractivity contribution in [1.82, 2.24) is 15.4 Å². The van der Waals surface area contributed by atoms with Crippen molar-refractivity contribution in [3.05, 3.63) is 33.4 Å². The van der Waals surface area contributed by atoms with E-state index in [1.54, 1.807) is 0 Å². The molecule has 0 amide bonds. The molecule has 1 aliphatic rings. The van der Waals surface area contributed by atoms with E-state index in [2.05, 4.69) is 20.3 Å². The fraction of sp³-hybridized carbons (Fsp3) is 0.400. The molecule has 1 aromatic carbocycles. The number of piperidine rings is 1. The first-order valence-electron chi connectivity index (χ1n) is 7.47. The highest BCUT2D eigenvalue weighted by atomic mass is 35.5. The molecule has 1 aromatic heterocycles. The first-order valence-corrected chi connectivity index (χ1v) is 9.10. The lowest BCUT2D eigenvalue weighted by molar-refractivity contribution is 0.0686. The number of anilines is 1. The van der Waals surface area contributed by atoms with Crippen LogP contribution in [0, 0.1) is 6.92 Å². The zero-order valence-electron chi connectivity index (χ0n) is 12.9. The number of aromatic nitrogens is 3. The van der Waals surface area contributed by atoms with E-state index in [1.165, 1.54) is 11.8 Å². The minimum atomic E-state index is -1.06. The minimum absolute atomic E-state index is 0.0143. The van der Waals surface area contributed by atoms with Gasteiger partial charge in [0.15, 0.2) is 5.03 Å². The van der Waals surface area contributed by atoms with Crippen LogP contribution in [-0.4, -0.2) is 44.8 Å². The molecular weight excluding hydrogens is 371 g/mol. The monoisotopic (exact) mass is 386 g/mol. The van der Waals surface area contributed by atoms with E-state index in [4.69, 9.17) is 28.3 Å². The SMILES string of the molecule is Cc1c(Cl)cc(N2CCC(Sc3n[nH]nc3C(=O)O)CC2)cc1Cl. The molecular formula is C15H16Cl2N4O2S. The van der Waals surface area contributed by atoms with Gasteiger partial charge in [0.05, 0.1) is 0 Å². The van der Waals surface area contributed by atoms with Gasteiger partial charge >= 0.3 is 5.97 Å². The van der Waals surface area contributed by atoms with Gasteiger partial charge in [0.2, 0.25) is 5.69 Å². The second-order valence-corrected chi connectivity index (χ2v) is 7.72. The maximum absolute atomic E-state index is 11.1. The second-order valence-electron chi connectivity index (χ2n) is 5.62. The predicted octanol–water partition coefficient (Wildman–Crippen LogP) is 3.88. The van der Waals surface area contributed by atoms with Gasteiger partial charge in [-0.1, -0.05) is 35.0 Å². The van der Waals surface area contributed by atoms with Crippen LogP contribution in [0.1, 0.15) is 28.9 Å². The first-order chi connectivity index (χ1) is 11.5. The highest BCUT2D eigenvalue weighted by Gasteiger charge is 2.25. The molecule has 6 nitrogen and oxygen atoms in total. The van der Waals surface area contributed by atoms with Gasteiger partial charge in [-0.15, -0.1) is 10.2 Å². The Morgan fingerprint density at radius 2 is 1.92 bits per heavy atom. The molecule has 0 atom stereocenters. The quantitative estimate of drug-likeness (QED) is 0.829. The van der Waals surface area contributed by atoms with Crippen LogP contribution in [0.25, 0.3) is 0 Å². The van der Waals surface area contributed by atoms with Crippen molar-refractivity contribution in [2.45, 2.75) is 30.0 Å². The molecule has 9 heteroatoms. The number of nitrogens with zero attached hydrogens (tertiary/aromatic N) is 3. The largest absolute Gasteiger partial charge is 0.476 e. The van der Waals surface area contributed by atoms with Gasteiger partial charge in [-0.2, -0.15) is 5.21 Å². The predicted molar refractivity (Wildman–Crippen MR) is 95.6 cm³/mol. The summed E-state index contributed by atoms with van der Waals surface area (Å²) in [5.41, 5.74) is 1.89. The van der Waals surface area contributed by atoms with E-state index in [0.29, 0.717) is 20.3 Å². The second kappa shape index (κ2) is 7.21. The zero-order valence-corrected chi connectivity index (χ0v) is 15.3. The summed E-state index contributed by atoms with van der Waals surface area (Å²) >= 11 is 13.9. The Labute approximate surface area is 153 Å². The van der Waals surface area contributed by atoms with Crippen LogP contribution in [0.2, 0.25) is 10.0 Å². The van der Waals surface area contributed by atoms with Gasteiger partial charge in [-0.05, 0) is 37.5 Å². The van der Waals surface area contributed by atoms with Crippen molar-refractivity contribution in [3.8, 4) is 0 Å². The van der Waals surface area contributed by atoms with Gasteiger partial charge < -0.3 is 10.0 Å². The first kappa shape index (κ1) is 17.4. The normalized spacial score (nSPS) is 15.7. The lowest BCUT2D eigenvalue weighted by atomic mass is 10.1. The van der Waals surface area contributed by atoms with Crippen molar-refractivity contribution in [1.29, 1.82) is 0 Å². The molecule has 0 aliphatic carbocycles. The van der Waals surface area contributed by atoms with Crippen LogP contribution in [0.15, 0.2) is 17.2 Å². The average Bonchev–Trinajstić information content (AvgIpc) is 3.01. The summed E-state index contributed by atoms with van der Waals surface area (Å²) < 4.78 is 0. The Bertz CT molecular complexity index is 737. The number of nitrogens with one attached hydrogen (secondary N) is 1. The number of carbonyl (C=O) groups is 1. The topological polar surface area (TPSA) is 82.1 Å². The number of aromatic amines is 1. The standard InChI is InChI=1S/C15H16Cl2N4O2S/c1-8-11(16)6-9(7-12(8)17)21-4-2-10(3-5-21)24-14-13(15(22)23)18-20-19-14/h6-7,10H,2-5H2,1H3,(H,22,23)(H,18,19,20). The number of aromatic carboxylic acids is 1. The summed E-state index contributed by atoms with van der Waals surface area (Å²) in [6, 6.07) is 3.88. The summed E-state index contributed by atoms with van der Waals surface area (Å²) in [5, 5.41) is 21.2. The number of benzene rings is 1. The fourth-order valence-corrected chi connectivity index (χ4v) is 4.22. The summed E-state index contributed by atoms with van der Waals surface area (Å²) in [6.45, 7) is 3.61. The highest BCUT2D eigenvalue weighted by Crippen LogP contribution is 2.35. The van der Waals surface area contributed by atoms with E-state index in [1.807, 2.05) is 19.1 Å². The number of carboxylic acids is 1. The van der Waals surface area contributed by atoms with E-state index < -0.39 is 5.97 Å². The molecule has 0 bridgehead atoms. The van der Waals surface area contributed by atoms with Gasteiger partial charge in [0, 0.05) is 34.1 Å². The number of halogens is 2. The number of hydrogen-bond acceptors (Lipinski definition) is 5. The van der Waals surface area contributed by atoms with E-state index in [9.17, 15) is 4.79 Å². The van der Waals surface area contributed by atoms with Gasteiger partial charge in [0.25, 0.3) is 0 Å². The number of hydrogen-bond donors (Lipinski definition) is 2.